The van der Waals surface area contributed by atoms with Crippen molar-refractivity contribution in [2.75, 3.05) is 0 Å². The molecule has 0 aliphatic heterocycles. The zero-order valence-corrected chi connectivity index (χ0v) is 12.3. The summed E-state index contributed by atoms with van der Waals surface area (Å²) in [5.41, 5.74) is 1.71. The summed E-state index contributed by atoms with van der Waals surface area (Å²) in [5, 5.41) is 6.78. The zero-order valence-electron chi connectivity index (χ0n) is 11.5. The molecule has 3 rings (SSSR count). The summed E-state index contributed by atoms with van der Waals surface area (Å²) in [7, 11) is 0. The fourth-order valence-electron chi connectivity index (χ4n) is 2.00. The third-order valence-corrected chi connectivity index (χ3v) is 3.32. The van der Waals surface area contributed by atoms with Crippen molar-refractivity contribution in [3.8, 4) is 11.4 Å². The van der Waals surface area contributed by atoms with E-state index in [2.05, 4.69) is 15.2 Å². The van der Waals surface area contributed by atoms with Crippen LogP contribution in [0.5, 0.6) is 0 Å². The van der Waals surface area contributed by atoms with Crippen molar-refractivity contribution in [1.29, 1.82) is 0 Å². The van der Waals surface area contributed by atoms with Crippen molar-refractivity contribution in [3.63, 3.8) is 0 Å². The summed E-state index contributed by atoms with van der Waals surface area (Å²) in [4.78, 5) is 16.4. The minimum absolute atomic E-state index is 0.255. The van der Waals surface area contributed by atoms with Crippen LogP contribution in [0.4, 0.5) is 0 Å². The Balaban J connectivity index is 1.95. The highest BCUT2D eigenvalue weighted by Gasteiger charge is 2.13. The molecule has 0 aliphatic rings. The number of aromatic amines is 1. The average Bonchev–Trinajstić information content (AvgIpc) is 2.96. The first-order valence-electron chi connectivity index (χ1n) is 6.61. The van der Waals surface area contributed by atoms with E-state index in [1.807, 2.05) is 30.3 Å². The number of hydrogen-bond donors (Lipinski definition) is 1. The quantitative estimate of drug-likeness (QED) is 0.595. The number of nitrogens with one attached hydrogen (secondary N) is 1. The van der Waals surface area contributed by atoms with E-state index in [9.17, 15) is 4.79 Å². The molecular formula is C16H12N4OS. The fourth-order valence-corrected chi connectivity index (χ4v) is 2.22. The van der Waals surface area contributed by atoms with Crippen LogP contribution < -0.4 is 0 Å². The lowest BCUT2D eigenvalue weighted by molar-refractivity contribution is 0.0970. The Bertz CT molecular complexity index is 866. The van der Waals surface area contributed by atoms with Gasteiger partial charge in [0.1, 0.15) is 0 Å². The Kier molecular flexibility index (Phi) is 4.02. The van der Waals surface area contributed by atoms with Gasteiger partial charge in [-0.2, -0.15) is 5.10 Å². The lowest BCUT2D eigenvalue weighted by Crippen LogP contribution is -2.09. The van der Waals surface area contributed by atoms with E-state index in [-0.39, 0.29) is 10.7 Å². The number of carbonyl (C=O) groups excluding carboxylic acids is 1. The third-order valence-electron chi connectivity index (χ3n) is 3.05. The number of pyridine rings is 1. The summed E-state index contributed by atoms with van der Waals surface area (Å²) < 4.78 is 1.62. The number of H-pyrrole nitrogens is 1. The molecule has 6 heteroatoms. The molecule has 3 aromatic rings. The van der Waals surface area contributed by atoms with Gasteiger partial charge in [0.05, 0.1) is 0 Å². The lowest BCUT2D eigenvalue weighted by Gasteiger charge is -2.02. The Morgan fingerprint density at radius 3 is 2.59 bits per heavy atom. The molecule has 2 aromatic heterocycles. The molecule has 0 spiro atoms. The summed E-state index contributed by atoms with van der Waals surface area (Å²) in [6.45, 7) is 0. The smallest absolute Gasteiger partial charge is 0.258 e. The largest absolute Gasteiger partial charge is 0.269 e. The number of allylic oxidation sites excluding steroid dienone is 1. The van der Waals surface area contributed by atoms with Gasteiger partial charge in [-0.15, -0.1) is 0 Å². The lowest BCUT2D eigenvalue weighted by atomic mass is 10.2. The minimum atomic E-state index is -0.255. The van der Waals surface area contributed by atoms with Crippen LogP contribution in [0.1, 0.15) is 10.4 Å². The van der Waals surface area contributed by atoms with Crippen molar-refractivity contribution in [2.45, 2.75) is 0 Å². The highest BCUT2D eigenvalue weighted by molar-refractivity contribution is 7.71. The molecule has 0 radical (unpaired) electrons. The van der Waals surface area contributed by atoms with Crippen LogP contribution in [0.2, 0.25) is 0 Å². The van der Waals surface area contributed by atoms with E-state index in [1.54, 1.807) is 30.6 Å². The van der Waals surface area contributed by atoms with Crippen LogP contribution in [-0.4, -0.2) is 25.7 Å². The predicted molar refractivity (Wildman–Crippen MR) is 86.7 cm³/mol. The molecule has 1 N–H and O–H groups in total. The van der Waals surface area contributed by atoms with Crippen molar-refractivity contribution in [1.82, 2.24) is 19.7 Å². The Hall–Kier alpha value is -2.86. The standard InChI is InChI=1S/C16H12N4OS/c21-14(7-6-12-4-2-1-3-5-12)20-15(18-19-16(20)22)13-8-10-17-11-9-13/h1-11H,(H,19,22)/b7-6+. The fraction of sp³-hybridized carbons (Fsp3) is 0. The van der Waals surface area contributed by atoms with Crippen LogP contribution in [0.15, 0.2) is 60.9 Å². The maximum atomic E-state index is 12.4. The molecule has 0 unspecified atom stereocenters. The van der Waals surface area contributed by atoms with Gasteiger partial charge in [-0.1, -0.05) is 30.3 Å². The van der Waals surface area contributed by atoms with Crippen LogP contribution in [0.25, 0.3) is 17.5 Å². The summed E-state index contributed by atoms with van der Waals surface area (Å²) in [5.74, 6) is 0.213. The van der Waals surface area contributed by atoms with E-state index < -0.39 is 0 Å². The number of benzene rings is 1. The van der Waals surface area contributed by atoms with Gasteiger partial charge in [-0.25, -0.2) is 4.57 Å². The molecule has 0 saturated carbocycles. The molecule has 0 saturated heterocycles. The minimum Gasteiger partial charge on any atom is -0.269 e. The number of rotatable bonds is 3. The second-order valence-corrected chi connectivity index (χ2v) is 4.89. The van der Waals surface area contributed by atoms with Crippen molar-refractivity contribution in [2.24, 2.45) is 0 Å². The molecule has 5 nitrogen and oxygen atoms in total. The molecule has 0 fully saturated rings. The first kappa shape index (κ1) is 14.1. The van der Waals surface area contributed by atoms with Gasteiger partial charge in [0.15, 0.2) is 5.82 Å². The van der Waals surface area contributed by atoms with Gasteiger partial charge in [0.25, 0.3) is 5.91 Å². The first-order chi connectivity index (χ1) is 10.8. The van der Waals surface area contributed by atoms with Crippen molar-refractivity contribution < 1.29 is 4.79 Å². The molecule has 108 valence electrons. The van der Waals surface area contributed by atoms with E-state index in [4.69, 9.17) is 12.2 Å². The predicted octanol–water partition coefficient (Wildman–Crippen LogP) is 3.36. The molecule has 22 heavy (non-hydrogen) atoms. The Morgan fingerprint density at radius 2 is 1.86 bits per heavy atom. The van der Waals surface area contributed by atoms with Gasteiger partial charge >= 0.3 is 0 Å². The SMILES string of the molecule is O=C(/C=C/c1ccccc1)n1c(-c2ccncc2)n[nH]c1=S. The number of hydrogen-bond acceptors (Lipinski definition) is 4. The van der Waals surface area contributed by atoms with Gasteiger partial charge < -0.3 is 0 Å². The average molecular weight is 308 g/mol. The van der Waals surface area contributed by atoms with Crippen molar-refractivity contribution >= 4 is 24.2 Å². The Labute approximate surface area is 132 Å². The van der Waals surface area contributed by atoms with Gasteiger partial charge in [0, 0.05) is 24.0 Å². The third kappa shape index (κ3) is 2.91. The Morgan fingerprint density at radius 1 is 1.14 bits per heavy atom. The van der Waals surface area contributed by atoms with E-state index in [0.717, 1.165) is 11.1 Å². The number of nitrogens with zero attached hydrogens (tertiary/aromatic N) is 3. The second kappa shape index (κ2) is 6.28. The molecule has 1 aromatic carbocycles. The van der Waals surface area contributed by atoms with Gasteiger partial charge in [-0.05, 0) is 36.0 Å². The highest BCUT2D eigenvalue weighted by Crippen LogP contribution is 2.16. The summed E-state index contributed by atoms with van der Waals surface area (Å²) in [6, 6.07) is 13.1. The number of carbonyl (C=O) groups is 1. The maximum Gasteiger partial charge on any atom is 0.258 e. The van der Waals surface area contributed by atoms with Crippen LogP contribution in [-0.2, 0) is 0 Å². The van der Waals surface area contributed by atoms with E-state index in [1.165, 1.54) is 10.6 Å². The van der Waals surface area contributed by atoms with Crippen molar-refractivity contribution in [3.05, 3.63) is 71.3 Å². The van der Waals surface area contributed by atoms with Crippen LogP contribution in [0, 0.1) is 4.77 Å². The summed E-state index contributed by atoms with van der Waals surface area (Å²) in [6.07, 6.45) is 6.50. The molecule has 2 heterocycles. The van der Waals surface area contributed by atoms with Gasteiger partial charge in [0.2, 0.25) is 4.77 Å². The normalized spacial score (nSPS) is 10.9. The number of aromatic nitrogens is 4. The summed E-state index contributed by atoms with van der Waals surface area (Å²) >= 11 is 5.15. The van der Waals surface area contributed by atoms with E-state index >= 15 is 0 Å². The molecular weight excluding hydrogens is 296 g/mol. The topological polar surface area (TPSA) is 63.6 Å². The van der Waals surface area contributed by atoms with Gasteiger partial charge in [-0.3, -0.25) is 14.9 Å². The second-order valence-electron chi connectivity index (χ2n) is 4.51. The van der Waals surface area contributed by atoms with Crippen LogP contribution in [0.3, 0.4) is 0 Å². The molecule has 0 aliphatic carbocycles. The zero-order chi connectivity index (χ0) is 15.4. The molecule has 0 atom stereocenters. The maximum absolute atomic E-state index is 12.4. The first-order valence-corrected chi connectivity index (χ1v) is 7.02. The van der Waals surface area contributed by atoms with E-state index in [0.29, 0.717) is 5.82 Å². The van der Waals surface area contributed by atoms with Crippen LogP contribution >= 0.6 is 12.2 Å². The monoisotopic (exact) mass is 308 g/mol. The highest BCUT2D eigenvalue weighted by atomic mass is 32.1. The molecule has 0 bridgehead atoms. The molecule has 0 amide bonds.